The van der Waals surface area contributed by atoms with Gasteiger partial charge in [-0.3, -0.25) is 0 Å². The molecule has 0 amide bonds. The number of fused-ring (bicyclic) bond motifs is 1. The number of cyclic esters (lactones) is 1. The van der Waals surface area contributed by atoms with Crippen LogP contribution in [0.15, 0.2) is 59.3 Å². The highest BCUT2D eigenvalue weighted by molar-refractivity contribution is 5.95. The molecule has 2 aromatic heterocycles. The number of hydrogen-bond donors (Lipinski definition) is 3. The van der Waals surface area contributed by atoms with Crippen LogP contribution in [0.1, 0.15) is 66.5 Å². The predicted molar refractivity (Wildman–Crippen MR) is 155 cm³/mol. The summed E-state index contributed by atoms with van der Waals surface area (Å²) in [6.45, 7) is 3.56. The molecule has 11 heteroatoms. The number of anilines is 3. The fourth-order valence-corrected chi connectivity index (χ4v) is 6.56. The number of esters is 1. The first-order valence-corrected chi connectivity index (χ1v) is 14.1. The number of aliphatic hydroxyl groups excluding tert-OH is 1. The van der Waals surface area contributed by atoms with E-state index in [1.807, 2.05) is 50.2 Å². The quantitative estimate of drug-likeness (QED) is 0.245. The molecule has 0 saturated heterocycles. The zero-order valence-corrected chi connectivity index (χ0v) is 24.0. The van der Waals surface area contributed by atoms with E-state index in [0.29, 0.717) is 40.3 Å². The van der Waals surface area contributed by atoms with Crippen LogP contribution < -0.4 is 10.6 Å². The Morgan fingerprint density at radius 1 is 1.05 bits per heavy atom. The summed E-state index contributed by atoms with van der Waals surface area (Å²) in [6, 6.07) is 14.6. The first-order chi connectivity index (χ1) is 20.1. The number of ether oxygens (including phenoxy) is 1. The van der Waals surface area contributed by atoms with E-state index in [0.717, 1.165) is 30.4 Å². The summed E-state index contributed by atoms with van der Waals surface area (Å²) in [5.74, 6) is 1.46. The van der Waals surface area contributed by atoms with Gasteiger partial charge in [0, 0.05) is 28.4 Å². The number of carbonyl (C=O) groups is 1. The average Bonchev–Trinajstić information content (AvgIpc) is 3.48. The molecule has 2 aromatic carbocycles. The van der Waals surface area contributed by atoms with Crippen molar-refractivity contribution in [2.45, 2.75) is 55.7 Å². The molecule has 216 valence electrons. The van der Waals surface area contributed by atoms with Gasteiger partial charge in [0.1, 0.15) is 17.0 Å². The molecule has 1 atom stereocenters. The molecule has 4 aromatic rings. The van der Waals surface area contributed by atoms with Crippen molar-refractivity contribution in [3.8, 4) is 11.5 Å². The Hall–Kier alpha value is -4.35. The average molecular weight is 568 g/mol. The van der Waals surface area contributed by atoms with Crippen molar-refractivity contribution in [2.24, 2.45) is 0 Å². The molecule has 3 fully saturated rings. The predicted octanol–water partition coefficient (Wildman–Crippen LogP) is 4.56. The second-order valence-electron chi connectivity index (χ2n) is 12.4. The fraction of sp³-hybridized carbons (Fsp3) is 0.387. The molecular formula is C31H33N7O4. The summed E-state index contributed by atoms with van der Waals surface area (Å²) in [6.07, 6.45) is 4.70. The first-order valence-electron chi connectivity index (χ1n) is 14.1. The van der Waals surface area contributed by atoms with Crippen LogP contribution in [0.25, 0.3) is 11.5 Å². The third-order valence-corrected chi connectivity index (χ3v) is 9.06. The van der Waals surface area contributed by atoms with Crippen LogP contribution in [0, 0.1) is 0 Å². The van der Waals surface area contributed by atoms with Gasteiger partial charge in [0.25, 0.3) is 5.89 Å². The number of rotatable bonds is 9. The summed E-state index contributed by atoms with van der Waals surface area (Å²) in [5, 5.41) is 21.2. The standard InChI is InChI=1S/C31H33N7O4/c1-29(2)22-12-19(10-11-20(22)26(40)41-29)33-28-32-13-21(24(35-28)34-23(14-39)18-8-6-5-7-9-18)25-36-27(37-42-25)30-15-31(16-30,17-30)38(3)4/h5-13,23,39H,14-17H2,1-4H3,(H2,32,33,34,35). The van der Waals surface area contributed by atoms with Gasteiger partial charge in [-0.25, -0.2) is 9.78 Å². The van der Waals surface area contributed by atoms with Crippen molar-refractivity contribution < 1.29 is 19.2 Å². The molecule has 1 aliphatic heterocycles. The largest absolute Gasteiger partial charge is 0.451 e. The Balaban J connectivity index is 1.21. The van der Waals surface area contributed by atoms with E-state index in [1.165, 1.54) is 0 Å². The van der Waals surface area contributed by atoms with Gasteiger partial charge in [0.2, 0.25) is 5.95 Å². The van der Waals surface area contributed by atoms with Gasteiger partial charge < -0.3 is 29.9 Å². The van der Waals surface area contributed by atoms with Crippen LogP contribution >= 0.6 is 0 Å². The summed E-state index contributed by atoms with van der Waals surface area (Å²) >= 11 is 0. The van der Waals surface area contributed by atoms with Crippen LogP contribution in [-0.2, 0) is 15.8 Å². The third kappa shape index (κ3) is 4.14. The smallest absolute Gasteiger partial charge is 0.339 e. The van der Waals surface area contributed by atoms with Crippen LogP contribution in [0.3, 0.4) is 0 Å². The zero-order chi connectivity index (χ0) is 29.3. The van der Waals surface area contributed by atoms with Crippen molar-refractivity contribution in [3.63, 3.8) is 0 Å². The van der Waals surface area contributed by atoms with Crippen LogP contribution in [-0.4, -0.2) is 62.3 Å². The number of nitrogens with zero attached hydrogens (tertiary/aromatic N) is 5. The summed E-state index contributed by atoms with van der Waals surface area (Å²) in [4.78, 5) is 28.7. The monoisotopic (exact) mass is 567 g/mol. The van der Waals surface area contributed by atoms with Gasteiger partial charge >= 0.3 is 5.97 Å². The lowest BCUT2D eigenvalue weighted by atomic mass is 9.38. The van der Waals surface area contributed by atoms with E-state index in [1.54, 1.807) is 18.3 Å². The molecular weight excluding hydrogens is 534 g/mol. The minimum atomic E-state index is -0.728. The molecule has 8 rings (SSSR count). The van der Waals surface area contributed by atoms with Crippen molar-refractivity contribution in [1.82, 2.24) is 25.0 Å². The molecule has 0 spiro atoms. The number of benzene rings is 2. The highest BCUT2D eigenvalue weighted by Gasteiger charge is 2.71. The second kappa shape index (κ2) is 9.33. The Morgan fingerprint density at radius 3 is 2.52 bits per heavy atom. The molecule has 0 radical (unpaired) electrons. The Morgan fingerprint density at radius 2 is 1.81 bits per heavy atom. The molecule has 3 aliphatic carbocycles. The van der Waals surface area contributed by atoms with Gasteiger partial charge in [-0.15, -0.1) is 0 Å². The van der Waals surface area contributed by atoms with Crippen molar-refractivity contribution in [2.75, 3.05) is 31.3 Å². The van der Waals surface area contributed by atoms with E-state index in [9.17, 15) is 9.90 Å². The molecule has 1 unspecified atom stereocenters. The zero-order valence-electron chi connectivity index (χ0n) is 24.0. The number of aliphatic hydroxyl groups is 1. The van der Waals surface area contributed by atoms with Crippen molar-refractivity contribution in [3.05, 3.63) is 77.2 Å². The molecule has 4 aliphatic rings. The van der Waals surface area contributed by atoms with E-state index in [-0.39, 0.29) is 23.5 Å². The molecule has 2 bridgehead atoms. The Kier molecular flexibility index (Phi) is 5.90. The van der Waals surface area contributed by atoms with Gasteiger partial charge in [-0.1, -0.05) is 35.5 Å². The second-order valence-corrected chi connectivity index (χ2v) is 12.4. The molecule has 3 heterocycles. The molecule has 3 saturated carbocycles. The number of nitrogens with one attached hydrogen (secondary N) is 2. The fourth-order valence-electron chi connectivity index (χ4n) is 6.56. The summed E-state index contributed by atoms with van der Waals surface area (Å²) in [5.41, 5.74) is 2.97. The third-order valence-electron chi connectivity index (χ3n) is 9.06. The lowest BCUT2D eigenvalue weighted by molar-refractivity contribution is -0.156. The normalized spacial score (nSPS) is 23.9. The molecule has 11 nitrogen and oxygen atoms in total. The van der Waals surface area contributed by atoms with E-state index in [4.69, 9.17) is 19.2 Å². The summed E-state index contributed by atoms with van der Waals surface area (Å²) < 4.78 is 11.3. The van der Waals surface area contributed by atoms with Gasteiger partial charge in [0.05, 0.1) is 18.2 Å². The topological polar surface area (TPSA) is 139 Å². The van der Waals surface area contributed by atoms with Crippen LogP contribution in [0.2, 0.25) is 0 Å². The molecule has 3 N–H and O–H groups in total. The van der Waals surface area contributed by atoms with Gasteiger partial charge in [-0.2, -0.15) is 9.97 Å². The van der Waals surface area contributed by atoms with Crippen molar-refractivity contribution in [1.29, 1.82) is 0 Å². The number of aromatic nitrogens is 4. The lowest BCUT2D eigenvalue weighted by Crippen LogP contribution is -2.75. The maximum Gasteiger partial charge on any atom is 0.339 e. The van der Waals surface area contributed by atoms with Crippen molar-refractivity contribution >= 4 is 23.4 Å². The van der Waals surface area contributed by atoms with Crippen LogP contribution in [0.5, 0.6) is 0 Å². The van der Waals surface area contributed by atoms with E-state index in [2.05, 4.69) is 39.8 Å². The number of carbonyl (C=O) groups excluding carboxylic acids is 1. The SMILES string of the molecule is CN(C)C12CC(c3noc(-c4cnc(Nc5ccc6c(c5)C(C)(C)OC6=O)nc4NC(CO)c4ccccc4)n3)(C1)C2. The number of hydrogen-bond acceptors (Lipinski definition) is 11. The van der Waals surface area contributed by atoms with E-state index >= 15 is 0 Å². The Bertz CT molecular complexity index is 1660. The van der Waals surface area contributed by atoms with Gasteiger partial charge in [-0.05, 0) is 71.0 Å². The minimum absolute atomic E-state index is 0.0356. The first kappa shape index (κ1) is 26.5. The highest BCUT2D eigenvalue weighted by atomic mass is 16.6. The van der Waals surface area contributed by atoms with Crippen LogP contribution in [0.4, 0.5) is 17.5 Å². The maximum absolute atomic E-state index is 12.2. The lowest BCUT2D eigenvalue weighted by Gasteiger charge is -2.71. The maximum atomic E-state index is 12.2. The molecule has 42 heavy (non-hydrogen) atoms. The summed E-state index contributed by atoms with van der Waals surface area (Å²) in [7, 11) is 4.24. The van der Waals surface area contributed by atoms with E-state index < -0.39 is 11.6 Å². The minimum Gasteiger partial charge on any atom is -0.451 e. The highest BCUT2D eigenvalue weighted by Crippen LogP contribution is 2.69. The Labute approximate surface area is 243 Å². The van der Waals surface area contributed by atoms with Gasteiger partial charge in [0.15, 0.2) is 5.82 Å².